The summed E-state index contributed by atoms with van der Waals surface area (Å²) in [5.74, 6) is -0.231. The van der Waals surface area contributed by atoms with Gasteiger partial charge in [-0.05, 0) is 66.4 Å². The van der Waals surface area contributed by atoms with Gasteiger partial charge in [0.15, 0.2) is 5.76 Å². The summed E-state index contributed by atoms with van der Waals surface area (Å²) in [4.78, 5) is 29.0. The van der Waals surface area contributed by atoms with Crippen LogP contribution in [0.3, 0.4) is 0 Å². The highest BCUT2D eigenvalue weighted by Gasteiger charge is 2.29. The van der Waals surface area contributed by atoms with Gasteiger partial charge in [-0.3, -0.25) is 9.59 Å². The molecule has 0 bridgehead atoms. The van der Waals surface area contributed by atoms with Crippen LogP contribution in [0.2, 0.25) is 0 Å². The highest BCUT2D eigenvalue weighted by molar-refractivity contribution is 5.94. The summed E-state index contributed by atoms with van der Waals surface area (Å²) in [5.41, 5.74) is 3.32. The van der Waals surface area contributed by atoms with Gasteiger partial charge in [-0.1, -0.05) is 12.1 Å². The van der Waals surface area contributed by atoms with E-state index in [0.29, 0.717) is 5.69 Å². The normalized spacial score (nSPS) is 13.0. The van der Waals surface area contributed by atoms with E-state index >= 15 is 0 Å². The van der Waals surface area contributed by atoms with Crippen LogP contribution >= 0.6 is 0 Å². The molecule has 166 valence electrons. The number of carbonyl (C=O) groups excluding carboxylic acids is 2. The number of carbonyl (C=O) groups is 2. The van der Waals surface area contributed by atoms with Crippen LogP contribution in [-0.2, 0) is 17.9 Å². The molecule has 1 aliphatic carbocycles. The van der Waals surface area contributed by atoms with Gasteiger partial charge in [-0.25, -0.2) is 4.39 Å². The Balaban J connectivity index is 1.63. The molecule has 0 saturated heterocycles. The number of hydrogen-bond donors (Lipinski definition) is 1. The molecule has 1 saturated carbocycles. The van der Waals surface area contributed by atoms with Gasteiger partial charge in [0.05, 0.1) is 6.26 Å². The predicted octanol–water partition coefficient (Wildman–Crippen LogP) is 4.68. The minimum absolute atomic E-state index is 0.0309. The Morgan fingerprint density at radius 3 is 2.44 bits per heavy atom. The number of furan rings is 1. The third kappa shape index (κ3) is 5.17. The van der Waals surface area contributed by atoms with E-state index in [4.69, 9.17) is 4.42 Å². The molecule has 0 unspecified atom stereocenters. The van der Waals surface area contributed by atoms with Crippen molar-refractivity contribution in [1.82, 2.24) is 4.90 Å². The highest BCUT2D eigenvalue weighted by atomic mass is 19.1. The third-order valence-corrected chi connectivity index (χ3v) is 5.44. The molecular weight excluding hydrogens is 409 g/mol. The molecule has 3 aromatic rings. The lowest BCUT2D eigenvalue weighted by Gasteiger charge is -2.26. The van der Waals surface area contributed by atoms with Crippen molar-refractivity contribution in [3.63, 3.8) is 0 Å². The summed E-state index contributed by atoms with van der Waals surface area (Å²) in [7, 11) is 3.86. The molecule has 1 heterocycles. The molecule has 0 atom stereocenters. The van der Waals surface area contributed by atoms with E-state index in [2.05, 4.69) is 5.32 Å². The third-order valence-electron chi connectivity index (χ3n) is 5.44. The fraction of sp³-hybridized carbons (Fsp3) is 0.280. The minimum Gasteiger partial charge on any atom is -0.459 e. The second kappa shape index (κ2) is 9.26. The molecule has 1 aromatic heterocycles. The second-order valence-electron chi connectivity index (χ2n) is 8.27. The van der Waals surface area contributed by atoms with E-state index in [1.807, 2.05) is 37.2 Å². The van der Waals surface area contributed by atoms with E-state index in [1.54, 1.807) is 29.2 Å². The molecule has 1 N–H and O–H groups in total. The summed E-state index contributed by atoms with van der Waals surface area (Å²) >= 11 is 0. The Labute approximate surface area is 186 Å². The van der Waals surface area contributed by atoms with E-state index in [9.17, 15) is 14.0 Å². The topological polar surface area (TPSA) is 65.8 Å². The number of halogens is 1. The number of hydrogen-bond acceptors (Lipinski definition) is 4. The van der Waals surface area contributed by atoms with Crippen LogP contribution in [0.5, 0.6) is 0 Å². The molecule has 0 spiro atoms. The second-order valence-corrected chi connectivity index (χ2v) is 8.27. The zero-order valence-electron chi connectivity index (χ0n) is 18.2. The summed E-state index contributed by atoms with van der Waals surface area (Å²) < 4.78 is 18.7. The number of rotatable bonds is 8. The van der Waals surface area contributed by atoms with Gasteiger partial charge in [0.2, 0.25) is 5.91 Å². The average Bonchev–Trinajstić information content (AvgIpc) is 3.49. The zero-order chi connectivity index (χ0) is 22.7. The Bertz CT molecular complexity index is 1090. The molecule has 0 radical (unpaired) electrons. The molecule has 0 aliphatic heterocycles. The van der Waals surface area contributed by atoms with Crippen LogP contribution in [0.1, 0.15) is 34.5 Å². The Morgan fingerprint density at radius 1 is 1.06 bits per heavy atom. The van der Waals surface area contributed by atoms with Crippen LogP contribution in [-0.4, -0.2) is 30.8 Å². The molecule has 7 heteroatoms. The van der Waals surface area contributed by atoms with E-state index in [0.717, 1.165) is 29.7 Å². The van der Waals surface area contributed by atoms with Crippen LogP contribution in [0.15, 0.2) is 65.3 Å². The lowest BCUT2D eigenvalue weighted by atomic mass is 10.1. The minimum atomic E-state index is -0.327. The zero-order valence-corrected chi connectivity index (χ0v) is 18.2. The van der Waals surface area contributed by atoms with Crippen LogP contribution in [0.4, 0.5) is 15.8 Å². The summed E-state index contributed by atoms with van der Waals surface area (Å²) in [6.45, 7) is 0.572. The molecule has 2 amide bonds. The van der Waals surface area contributed by atoms with E-state index in [-0.39, 0.29) is 42.4 Å². The van der Waals surface area contributed by atoms with Crippen molar-refractivity contribution in [1.29, 1.82) is 0 Å². The fourth-order valence-electron chi connectivity index (χ4n) is 3.59. The van der Waals surface area contributed by atoms with Crippen LogP contribution < -0.4 is 10.2 Å². The van der Waals surface area contributed by atoms with Crippen LogP contribution in [0, 0.1) is 11.7 Å². The van der Waals surface area contributed by atoms with Gasteiger partial charge in [0.25, 0.3) is 5.91 Å². The summed E-state index contributed by atoms with van der Waals surface area (Å²) in [6, 6.07) is 15.1. The quantitative estimate of drug-likeness (QED) is 0.558. The number of benzene rings is 2. The van der Waals surface area contributed by atoms with Gasteiger partial charge >= 0.3 is 0 Å². The first kappa shape index (κ1) is 21.6. The van der Waals surface area contributed by atoms with Gasteiger partial charge in [-0.2, -0.15) is 0 Å². The monoisotopic (exact) mass is 435 g/mol. The first-order chi connectivity index (χ1) is 15.4. The molecule has 6 nitrogen and oxygen atoms in total. The maximum absolute atomic E-state index is 13.4. The van der Waals surface area contributed by atoms with E-state index < -0.39 is 0 Å². The fourth-order valence-corrected chi connectivity index (χ4v) is 3.59. The average molecular weight is 435 g/mol. The van der Waals surface area contributed by atoms with Crippen molar-refractivity contribution < 1.29 is 18.4 Å². The van der Waals surface area contributed by atoms with E-state index in [1.165, 1.54) is 18.4 Å². The molecule has 4 rings (SSSR count). The van der Waals surface area contributed by atoms with Gasteiger partial charge < -0.3 is 19.5 Å². The first-order valence-electron chi connectivity index (χ1n) is 10.6. The maximum Gasteiger partial charge on any atom is 0.290 e. The lowest BCUT2D eigenvalue weighted by Crippen LogP contribution is -2.30. The molecule has 1 fully saturated rings. The first-order valence-corrected chi connectivity index (χ1v) is 10.6. The standard InChI is InChI=1S/C25H26FN3O3/c1-28(2)22-12-11-21(27-24(30)18-7-8-18)14-19(22)16-29(25(31)23-4-3-13-32-23)15-17-5-9-20(26)10-6-17/h3-6,9-14,18H,7-8,15-16H2,1-2H3,(H,27,30). The van der Waals surface area contributed by atoms with Crippen molar-refractivity contribution in [2.24, 2.45) is 5.92 Å². The molecule has 32 heavy (non-hydrogen) atoms. The molecular formula is C25H26FN3O3. The van der Waals surface area contributed by atoms with Gasteiger partial charge in [-0.15, -0.1) is 0 Å². The Morgan fingerprint density at radius 2 is 1.81 bits per heavy atom. The predicted molar refractivity (Wildman–Crippen MR) is 121 cm³/mol. The van der Waals surface area contributed by atoms with Crippen molar-refractivity contribution in [2.75, 3.05) is 24.3 Å². The van der Waals surface area contributed by atoms with Crippen LogP contribution in [0.25, 0.3) is 0 Å². The van der Waals surface area contributed by atoms with Crippen molar-refractivity contribution in [3.8, 4) is 0 Å². The molecule has 1 aliphatic rings. The summed E-state index contributed by atoms with van der Waals surface area (Å²) in [6.07, 6.45) is 3.32. The maximum atomic E-state index is 13.4. The van der Waals surface area contributed by atoms with Crippen molar-refractivity contribution >= 4 is 23.2 Å². The highest BCUT2D eigenvalue weighted by Crippen LogP contribution is 2.31. The number of nitrogens with one attached hydrogen (secondary N) is 1. The van der Waals surface area contributed by atoms with Gasteiger partial charge in [0.1, 0.15) is 5.82 Å². The van der Waals surface area contributed by atoms with Crippen molar-refractivity contribution in [3.05, 3.63) is 83.6 Å². The summed E-state index contributed by atoms with van der Waals surface area (Å²) in [5, 5.41) is 2.98. The SMILES string of the molecule is CN(C)c1ccc(NC(=O)C2CC2)cc1CN(Cc1ccc(F)cc1)C(=O)c1ccco1. The number of amides is 2. The molecule has 2 aromatic carbocycles. The number of anilines is 2. The smallest absolute Gasteiger partial charge is 0.290 e. The largest absolute Gasteiger partial charge is 0.459 e. The van der Waals surface area contributed by atoms with Crippen molar-refractivity contribution in [2.45, 2.75) is 25.9 Å². The Kier molecular flexibility index (Phi) is 6.25. The Hall–Kier alpha value is -3.61. The lowest BCUT2D eigenvalue weighted by molar-refractivity contribution is -0.117. The van der Waals surface area contributed by atoms with Gasteiger partial charge in [0, 0.05) is 44.5 Å². The number of nitrogens with zero attached hydrogens (tertiary/aromatic N) is 2.